The number of hydrogen-bond donors (Lipinski definition) is 0. The SMILES string of the molecule is CC(C)c1c(C(C)C)n(C)c2ncccc12. The molecule has 0 aliphatic carbocycles. The van der Waals surface area contributed by atoms with Gasteiger partial charge in [0.2, 0.25) is 0 Å². The molecule has 0 unspecified atom stereocenters. The molecule has 86 valence electrons. The summed E-state index contributed by atoms with van der Waals surface area (Å²) in [7, 11) is 2.12. The summed E-state index contributed by atoms with van der Waals surface area (Å²) in [5.41, 5.74) is 3.99. The molecule has 2 aromatic heterocycles. The second-order valence-corrected chi connectivity index (χ2v) is 5.04. The van der Waals surface area contributed by atoms with Gasteiger partial charge in [-0.05, 0) is 29.5 Å². The standard InChI is InChI=1S/C14H20N2/c1-9(2)12-11-7-6-8-15-14(11)16(5)13(12)10(3)4/h6-10H,1-5H3. The van der Waals surface area contributed by atoms with E-state index < -0.39 is 0 Å². The van der Waals surface area contributed by atoms with E-state index in [0.717, 1.165) is 5.65 Å². The summed E-state index contributed by atoms with van der Waals surface area (Å²) in [6, 6.07) is 4.21. The van der Waals surface area contributed by atoms with Gasteiger partial charge in [0, 0.05) is 24.3 Å². The minimum absolute atomic E-state index is 0.539. The molecule has 0 bridgehead atoms. The Morgan fingerprint density at radius 1 is 1.12 bits per heavy atom. The summed E-state index contributed by atoms with van der Waals surface area (Å²) in [6.45, 7) is 9.02. The van der Waals surface area contributed by atoms with Crippen LogP contribution < -0.4 is 0 Å². The van der Waals surface area contributed by atoms with Crippen LogP contribution in [-0.4, -0.2) is 9.55 Å². The van der Waals surface area contributed by atoms with Crippen LogP contribution in [-0.2, 0) is 7.05 Å². The van der Waals surface area contributed by atoms with E-state index in [-0.39, 0.29) is 0 Å². The van der Waals surface area contributed by atoms with Crippen LogP contribution in [0.3, 0.4) is 0 Å². The lowest BCUT2D eigenvalue weighted by Gasteiger charge is -2.13. The highest BCUT2D eigenvalue weighted by Gasteiger charge is 2.19. The molecule has 0 saturated carbocycles. The summed E-state index contributed by atoms with van der Waals surface area (Å²) >= 11 is 0. The first-order valence-corrected chi connectivity index (χ1v) is 5.97. The van der Waals surface area contributed by atoms with Crippen LogP contribution in [0.5, 0.6) is 0 Å². The number of aryl methyl sites for hydroxylation is 1. The van der Waals surface area contributed by atoms with E-state index in [4.69, 9.17) is 0 Å². The van der Waals surface area contributed by atoms with Gasteiger partial charge in [0.1, 0.15) is 5.65 Å². The predicted molar refractivity (Wildman–Crippen MR) is 68.9 cm³/mol. The minimum Gasteiger partial charge on any atom is -0.332 e. The molecule has 2 heterocycles. The van der Waals surface area contributed by atoms with Crippen molar-refractivity contribution in [2.75, 3.05) is 0 Å². The molecule has 2 aromatic rings. The van der Waals surface area contributed by atoms with Gasteiger partial charge in [0.25, 0.3) is 0 Å². The molecule has 0 spiro atoms. The van der Waals surface area contributed by atoms with Gasteiger partial charge in [-0.25, -0.2) is 4.98 Å². The number of aromatic nitrogens is 2. The first-order valence-electron chi connectivity index (χ1n) is 5.97. The molecule has 0 aromatic carbocycles. The van der Waals surface area contributed by atoms with E-state index in [0.29, 0.717) is 11.8 Å². The van der Waals surface area contributed by atoms with Gasteiger partial charge in [0.05, 0.1) is 0 Å². The Hall–Kier alpha value is -1.31. The Bertz CT molecular complexity index is 507. The molecule has 0 aliphatic heterocycles. The second-order valence-electron chi connectivity index (χ2n) is 5.04. The van der Waals surface area contributed by atoms with Crippen molar-refractivity contribution in [1.29, 1.82) is 0 Å². The Balaban J connectivity index is 2.86. The third kappa shape index (κ3) is 1.53. The normalized spacial score (nSPS) is 11.9. The Kier molecular flexibility index (Phi) is 2.75. The second kappa shape index (κ2) is 3.93. The molecule has 0 saturated heterocycles. The van der Waals surface area contributed by atoms with Crippen LogP contribution >= 0.6 is 0 Å². The molecule has 2 nitrogen and oxygen atoms in total. The van der Waals surface area contributed by atoms with Crippen LogP contribution in [0.2, 0.25) is 0 Å². The van der Waals surface area contributed by atoms with Crippen molar-refractivity contribution in [3.05, 3.63) is 29.6 Å². The fourth-order valence-corrected chi connectivity index (χ4v) is 2.61. The van der Waals surface area contributed by atoms with E-state index in [1.165, 1.54) is 16.6 Å². The first kappa shape index (κ1) is 11.2. The maximum Gasteiger partial charge on any atom is 0.140 e. The third-order valence-corrected chi connectivity index (χ3v) is 3.16. The van der Waals surface area contributed by atoms with Gasteiger partial charge in [-0.15, -0.1) is 0 Å². The van der Waals surface area contributed by atoms with E-state index >= 15 is 0 Å². The van der Waals surface area contributed by atoms with Crippen LogP contribution in [0.1, 0.15) is 50.8 Å². The Labute approximate surface area is 97.3 Å². The smallest absolute Gasteiger partial charge is 0.140 e. The Morgan fingerprint density at radius 3 is 2.38 bits per heavy atom. The highest BCUT2D eigenvalue weighted by molar-refractivity contribution is 5.83. The predicted octanol–water partition coefficient (Wildman–Crippen LogP) is 3.82. The van der Waals surface area contributed by atoms with Gasteiger partial charge in [-0.2, -0.15) is 0 Å². The van der Waals surface area contributed by atoms with Crippen molar-refractivity contribution in [1.82, 2.24) is 9.55 Å². The first-order chi connectivity index (χ1) is 7.54. The molecule has 0 atom stereocenters. The van der Waals surface area contributed by atoms with Crippen LogP contribution in [0.4, 0.5) is 0 Å². The van der Waals surface area contributed by atoms with Crippen LogP contribution in [0.25, 0.3) is 11.0 Å². The van der Waals surface area contributed by atoms with E-state index in [9.17, 15) is 0 Å². The highest BCUT2D eigenvalue weighted by atomic mass is 15.0. The van der Waals surface area contributed by atoms with Gasteiger partial charge in [-0.1, -0.05) is 27.7 Å². The van der Waals surface area contributed by atoms with Gasteiger partial charge < -0.3 is 4.57 Å². The molecule has 0 N–H and O–H groups in total. The van der Waals surface area contributed by atoms with E-state index in [1.807, 2.05) is 12.3 Å². The summed E-state index contributed by atoms with van der Waals surface area (Å²) in [6.07, 6.45) is 1.87. The van der Waals surface area contributed by atoms with Gasteiger partial charge in [-0.3, -0.25) is 0 Å². The van der Waals surface area contributed by atoms with Crippen molar-refractivity contribution < 1.29 is 0 Å². The zero-order chi connectivity index (χ0) is 11.9. The monoisotopic (exact) mass is 216 g/mol. The molecular weight excluding hydrogens is 196 g/mol. The maximum absolute atomic E-state index is 4.49. The van der Waals surface area contributed by atoms with E-state index in [1.54, 1.807) is 0 Å². The minimum atomic E-state index is 0.539. The molecule has 16 heavy (non-hydrogen) atoms. The number of pyridine rings is 1. The average molecular weight is 216 g/mol. The van der Waals surface area contributed by atoms with Crippen molar-refractivity contribution >= 4 is 11.0 Å². The molecule has 2 heteroatoms. The number of fused-ring (bicyclic) bond motifs is 1. The van der Waals surface area contributed by atoms with E-state index in [2.05, 4.69) is 50.4 Å². The highest BCUT2D eigenvalue weighted by Crippen LogP contribution is 2.34. The lowest BCUT2D eigenvalue weighted by Crippen LogP contribution is -2.02. The largest absolute Gasteiger partial charge is 0.332 e. The zero-order valence-corrected chi connectivity index (χ0v) is 10.8. The number of nitrogens with zero attached hydrogens (tertiary/aromatic N) is 2. The molecular formula is C14H20N2. The summed E-state index contributed by atoms with van der Waals surface area (Å²) in [4.78, 5) is 4.49. The quantitative estimate of drug-likeness (QED) is 0.746. The van der Waals surface area contributed by atoms with Crippen LogP contribution in [0.15, 0.2) is 18.3 Å². The number of hydrogen-bond acceptors (Lipinski definition) is 1. The molecule has 0 amide bonds. The number of rotatable bonds is 2. The molecule has 2 rings (SSSR count). The summed E-state index contributed by atoms with van der Waals surface area (Å²) < 4.78 is 2.25. The summed E-state index contributed by atoms with van der Waals surface area (Å²) in [5, 5.41) is 1.31. The van der Waals surface area contributed by atoms with Gasteiger partial charge >= 0.3 is 0 Å². The summed E-state index contributed by atoms with van der Waals surface area (Å²) in [5.74, 6) is 1.09. The lowest BCUT2D eigenvalue weighted by atomic mass is 9.95. The van der Waals surface area contributed by atoms with Crippen LogP contribution in [0, 0.1) is 0 Å². The van der Waals surface area contributed by atoms with Crippen molar-refractivity contribution in [3.8, 4) is 0 Å². The fraction of sp³-hybridized carbons (Fsp3) is 0.500. The topological polar surface area (TPSA) is 17.8 Å². The molecule has 0 aliphatic rings. The lowest BCUT2D eigenvalue weighted by molar-refractivity contribution is 0.717. The Morgan fingerprint density at radius 2 is 1.81 bits per heavy atom. The maximum atomic E-state index is 4.49. The van der Waals surface area contributed by atoms with Crippen molar-refractivity contribution in [2.45, 2.75) is 39.5 Å². The third-order valence-electron chi connectivity index (χ3n) is 3.16. The molecule has 0 radical (unpaired) electrons. The average Bonchev–Trinajstić information content (AvgIpc) is 2.53. The van der Waals surface area contributed by atoms with Crippen molar-refractivity contribution in [3.63, 3.8) is 0 Å². The zero-order valence-electron chi connectivity index (χ0n) is 10.8. The molecule has 0 fully saturated rings. The van der Waals surface area contributed by atoms with Crippen molar-refractivity contribution in [2.24, 2.45) is 7.05 Å². The van der Waals surface area contributed by atoms with Gasteiger partial charge in [0.15, 0.2) is 0 Å². The fourth-order valence-electron chi connectivity index (χ4n) is 2.61.